The molecule has 0 unspecified atom stereocenters. The third-order valence-corrected chi connectivity index (χ3v) is 12.1. The van der Waals surface area contributed by atoms with E-state index in [0.717, 1.165) is 130 Å². The summed E-state index contributed by atoms with van der Waals surface area (Å²) < 4.78 is 9.24. The van der Waals surface area contributed by atoms with E-state index in [1.165, 1.54) is 11.1 Å². The minimum Gasteiger partial charge on any atom is -0.451 e. The molecule has 2 aromatic carbocycles. The van der Waals surface area contributed by atoms with Gasteiger partial charge in [-0.3, -0.25) is 29.7 Å². The third kappa shape index (κ3) is 20.2. The molecule has 0 aliphatic carbocycles. The Morgan fingerprint density at radius 3 is 1.77 bits per heavy atom. The quantitative estimate of drug-likeness (QED) is 0.0914. The van der Waals surface area contributed by atoms with Crippen molar-refractivity contribution >= 4 is 11.0 Å². The van der Waals surface area contributed by atoms with Crippen molar-refractivity contribution < 1.29 is 99.9 Å². The molecule has 0 aliphatic heterocycles. The topological polar surface area (TPSA) is 141 Å². The minimum atomic E-state index is 0. The Kier molecular flexibility index (Phi) is 32.0. The van der Waals surface area contributed by atoms with E-state index >= 15 is 0 Å². The van der Waals surface area contributed by atoms with E-state index in [1.807, 2.05) is 130 Å². The number of para-hydroxylation sites is 3. The van der Waals surface area contributed by atoms with Gasteiger partial charge in [0, 0.05) is 158 Å². The molecule has 14 nitrogen and oxygen atoms in total. The Hall–Kier alpha value is -5.43. The molecule has 5 radical (unpaired) electrons. The van der Waals surface area contributed by atoms with Crippen molar-refractivity contribution in [3.63, 3.8) is 0 Å². The van der Waals surface area contributed by atoms with Crippen LogP contribution in [0.25, 0.3) is 40.0 Å². The van der Waals surface area contributed by atoms with Crippen LogP contribution in [0, 0.1) is 72.5 Å². The van der Waals surface area contributed by atoms with E-state index in [2.05, 4.69) is 156 Å². The normalized spacial score (nSPS) is 9.96. The maximum atomic E-state index is 4.64. The average molecular weight is 1880 g/mol. The van der Waals surface area contributed by atoms with Gasteiger partial charge in [-0.15, -0.1) is 12.1 Å². The number of pyridine rings is 4. The second-order valence-corrected chi connectivity index (χ2v) is 17.9. The Morgan fingerprint density at radius 2 is 1.19 bits per heavy atom. The number of aryl methyl sites for hydroxylation is 10. The van der Waals surface area contributed by atoms with Crippen LogP contribution in [0.1, 0.15) is 104 Å². The molecule has 0 N–H and O–H groups in total. The Morgan fingerprint density at radius 1 is 0.543 bits per heavy atom. The minimum absolute atomic E-state index is 0. The molecule has 9 heterocycles. The number of aromatic nitrogens is 14. The van der Waals surface area contributed by atoms with Crippen LogP contribution in [-0.4, -0.2) is 68.2 Å². The van der Waals surface area contributed by atoms with E-state index in [-0.39, 0.29) is 99.9 Å². The molecule has 0 fully saturated rings. The first-order valence-corrected chi connectivity index (χ1v) is 25.9. The molecule has 435 valence electrons. The standard InChI is InChI=1S/C15H14N3.2C12H14N3.C12H13N2.C11H12N3.4Ir.Rh/c1-3-12-8-11(2)9-15(17-12)18-10-16-13-6-4-5-7-14(13)18;1-4-11-6-5-7-12(14-11)15-8-9(2)13-10(15)3;1-4-11-8-9(2)10(3)12(14-11)15-7-5-6-13-15;1-2-6-11-9-10-14(13-11)12-7-4-3-5-8-12;1-3-10-5-4-6-11(13-10)14-8-7-12-9(14)2;;;;;/h4-9H,3H2,1-2H3;5-7H,4H2,1-3H3;5-6,8H,4H2,1-3H3;3-5,7,9-10H,2,6H2,1H3;4-7H,3H2,1-2H3;;;;;/q5*-1;;;;;. The second-order valence-electron chi connectivity index (χ2n) is 17.9. The SMILES string of the molecule is CCCc1ccn(-c2[c-]cccc2)n1.CCc1cc(C)c(C)c(-n2[c-]ccn2)n1.CCc1cc(C)cc(-n2[c-]nc3ccccc32)n1.CCc1cccc(-n2[c-]c(C)nc2C)n1.CCc1cccc(-n2[c-]cnc2C)n1.[Ir].[Ir].[Ir].[Ir].[Rh]. The summed E-state index contributed by atoms with van der Waals surface area (Å²) in [6, 6.07) is 41.2. The molecule has 0 atom stereocenters. The molecule has 81 heavy (non-hydrogen) atoms. The van der Waals surface area contributed by atoms with Crippen molar-refractivity contribution in [2.24, 2.45) is 0 Å². The number of fused-ring (bicyclic) bond motifs is 1. The predicted molar refractivity (Wildman–Crippen MR) is 301 cm³/mol. The molecule has 0 saturated carbocycles. The van der Waals surface area contributed by atoms with Gasteiger partial charge in [-0.25, -0.2) is 0 Å². The van der Waals surface area contributed by atoms with Crippen LogP contribution in [0.5, 0.6) is 0 Å². The van der Waals surface area contributed by atoms with Crippen molar-refractivity contribution in [3.8, 4) is 29.0 Å². The zero-order valence-electron chi connectivity index (χ0n) is 47.4. The molecule has 19 heteroatoms. The van der Waals surface area contributed by atoms with Crippen LogP contribution in [-0.2, 0) is 132 Å². The van der Waals surface area contributed by atoms with Gasteiger partial charge in [0.2, 0.25) is 0 Å². The number of hydrogen-bond acceptors (Lipinski definition) is 9. The summed E-state index contributed by atoms with van der Waals surface area (Å²) in [5.74, 6) is 5.39. The molecular formula is C62H67Ir4N14Rh-5. The summed E-state index contributed by atoms with van der Waals surface area (Å²) in [6.45, 7) is 22.7. The first-order chi connectivity index (χ1) is 36.9. The van der Waals surface area contributed by atoms with Gasteiger partial charge in [0.25, 0.3) is 0 Å². The number of nitrogens with zero attached hydrogens (tertiary/aromatic N) is 14. The number of benzene rings is 2. The first-order valence-electron chi connectivity index (χ1n) is 25.9. The van der Waals surface area contributed by atoms with E-state index < -0.39 is 0 Å². The fourth-order valence-electron chi connectivity index (χ4n) is 7.96. The molecule has 9 aromatic heterocycles. The van der Waals surface area contributed by atoms with E-state index in [1.54, 1.807) is 23.1 Å². The number of hydrogen-bond donors (Lipinski definition) is 0. The van der Waals surface area contributed by atoms with Gasteiger partial charge in [-0.2, -0.15) is 29.4 Å². The predicted octanol–water partition coefficient (Wildman–Crippen LogP) is 12.1. The Balaban J connectivity index is 0.000000342. The summed E-state index contributed by atoms with van der Waals surface area (Å²) >= 11 is 0. The monoisotopic (exact) mass is 1880 g/mol. The smallest absolute Gasteiger partial charge is 0.0628 e. The fourth-order valence-corrected chi connectivity index (χ4v) is 7.96. The Bertz CT molecular complexity index is 3550. The van der Waals surface area contributed by atoms with Crippen molar-refractivity contribution in [1.29, 1.82) is 0 Å². The second kappa shape index (κ2) is 36.2. The van der Waals surface area contributed by atoms with Crippen LogP contribution in [0.15, 0.2) is 134 Å². The van der Waals surface area contributed by atoms with Crippen LogP contribution in [0.3, 0.4) is 0 Å². The van der Waals surface area contributed by atoms with Gasteiger partial charge in [-0.1, -0.05) is 156 Å². The van der Waals surface area contributed by atoms with Crippen LogP contribution in [0.4, 0.5) is 0 Å². The molecular weight excluding hydrogens is 1810 g/mol. The van der Waals surface area contributed by atoms with Gasteiger partial charge >= 0.3 is 0 Å². The fraction of sp³-hybridized carbons (Fsp3) is 0.274. The van der Waals surface area contributed by atoms with Crippen LogP contribution < -0.4 is 0 Å². The summed E-state index contributed by atoms with van der Waals surface area (Å²) in [5, 5.41) is 8.62. The van der Waals surface area contributed by atoms with Gasteiger partial charge in [0.1, 0.15) is 0 Å². The summed E-state index contributed by atoms with van der Waals surface area (Å²) in [5.41, 5.74) is 13.0. The van der Waals surface area contributed by atoms with Gasteiger partial charge in [0.05, 0.1) is 17.3 Å². The number of imidazole rings is 3. The maximum absolute atomic E-state index is 4.64. The molecule has 0 amide bonds. The molecule has 0 bridgehead atoms. The number of rotatable bonds is 11. The van der Waals surface area contributed by atoms with Gasteiger partial charge < -0.3 is 33.3 Å². The third-order valence-electron chi connectivity index (χ3n) is 12.1. The van der Waals surface area contributed by atoms with Gasteiger partial charge in [-0.05, 0) is 113 Å². The summed E-state index contributed by atoms with van der Waals surface area (Å²) in [4.78, 5) is 30.9. The van der Waals surface area contributed by atoms with Crippen molar-refractivity contribution in [2.75, 3.05) is 0 Å². The van der Waals surface area contributed by atoms with Crippen molar-refractivity contribution in [3.05, 3.63) is 227 Å². The molecule has 0 saturated heterocycles. The Labute approximate surface area is 545 Å². The zero-order chi connectivity index (χ0) is 54.0. The van der Waals surface area contributed by atoms with Crippen LogP contribution in [0.2, 0.25) is 0 Å². The zero-order valence-corrected chi connectivity index (χ0v) is 58.6. The van der Waals surface area contributed by atoms with Gasteiger partial charge in [0.15, 0.2) is 0 Å². The average Bonchev–Trinajstić information content (AvgIpc) is 4.41. The largest absolute Gasteiger partial charge is 0.451 e. The summed E-state index contributed by atoms with van der Waals surface area (Å²) in [7, 11) is 0. The molecule has 0 aliphatic rings. The molecule has 11 rings (SSSR count). The van der Waals surface area contributed by atoms with Crippen LogP contribution >= 0.6 is 0 Å². The maximum Gasteiger partial charge on any atom is 0.0628 e. The van der Waals surface area contributed by atoms with E-state index in [4.69, 9.17) is 0 Å². The molecule has 0 spiro atoms. The summed E-state index contributed by atoms with van der Waals surface area (Å²) in [6.07, 6.45) is 23.5. The van der Waals surface area contributed by atoms with E-state index in [0.29, 0.717) is 0 Å². The van der Waals surface area contributed by atoms with Crippen molar-refractivity contribution in [1.82, 2.24) is 68.2 Å². The first kappa shape index (κ1) is 71.7. The molecule has 11 aromatic rings. The van der Waals surface area contributed by atoms with Crippen molar-refractivity contribution in [2.45, 2.75) is 115 Å². The van der Waals surface area contributed by atoms with E-state index in [9.17, 15) is 0 Å².